The fourth-order valence-electron chi connectivity index (χ4n) is 4.75. The molecule has 2 fully saturated rings. The van der Waals surface area contributed by atoms with E-state index in [4.69, 9.17) is 0 Å². The van der Waals surface area contributed by atoms with Crippen molar-refractivity contribution < 1.29 is 9.19 Å². The van der Waals surface area contributed by atoms with E-state index in [-0.39, 0.29) is 4.70 Å². The highest BCUT2D eigenvalue weighted by atomic mass is 19.0. The van der Waals surface area contributed by atoms with Crippen molar-refractivity contribution in [3.05, 3.63) is 0 Å². The van der Waals surface area contributed by atoms with Crippen LogP contribution in [-0.2, 0) is 0 Å². The van der Waals surface area contributed by atoms with Gasteiger partial charge in [0.05, 0.1) is 25.2 Å². The van der Waals surface area contributed by atoms with Crippen molar-refractivity contribution in [1.29, 1.82) is 0 Å². The first-order valence-corrected chi connectivity index (χ1v) is 8.20. The van der Waals surface area contributed by atoms with Gasteiger partial charge in [0.1, 0.15) is 0 Å². The maximum atomic E-state index is 2.45. The van der Waals surface area contributed by atoms with Crippen molar-refractivity contribution in [3.63, 3.8) is 0 Å². The Hall–Kier alpha value is -0.110. The number of hydrogen-bond donors (Lipinski definition) is 0. The molecule has 0 bridgehead atoms. The second kappa shape index (κ2) is 7.47. The fraction of sp³-hybridized carbons (Fsp3) is 1.00. The Labute approximate surface area is 113 Å². The van der Waals surface area contributed by atoms with Gasteiger partial charge in [-0.2, -0.15) is 0 Å². The van der Waals surface area contributed by atoms with Crippen molar-refractivity contribution in [2.75, 3.05) is 13.1 Å². The molecule has 2 rings (SSSR count). The van der Waals surface area contributed by atoms with Gasteiger partial charge in [0, 0.05) is 0 Å². The fourth-order valence-corrected chi connectivity index (χ4v) is 4.75. The molecule has 0 aromatic rings. The van der Waals surface area contributed by atoms with E-state index in [1.165, 1.54) is 81.8 Å². The molecule has 0 saturated heterocycles. The van der Waals surface area contributed by atoms with Gasteiger partial charge in [-0.1, -0.05) is 12.8 Å². The van der Waals surface area contributed by atoms with Gasteiger partial charge in [0.15, 0.2) is 0 Å². The summed E-state index contributed by atoms with van der Waals surface area (Å²) in [7, 11) is 0. The van der Waals surface area contributed by atoms with Crippen LogP contribution in [-0.4, -0.2) is 29.7 Å². The van der Waals surface area contributed by atoms with Crippen LogP contribution in [0.1, 0.15) is 78.1 Å². The summed E-state index contributed by atoms with van der Waals surface area (Å²) in [5.74, 6) is 0. The third-order valence-electron chi connectivity index (χ3n) is 5.78. The molecule has 2 aliphatic rings. The monoisotopic (exact) mass is 257 g/mol. The van der Waals surface area contributed by atoms with Crippen LogP contribution in [0.15, 0.2) is 0 Å². The number of quaternary nitrogens is 1. The molecular weight excluding hydrogens is 225 g/mol. The molecule has 2 saturated carbocycles. The van der Waals surface area contributed by atoms with Crippen LogP contribution < -0.4 is 4.70 Å². The molecule has 2 heteroatoms. The zero-order valence-corrected chi connectivity index (χ0v) is 12.5. The van der Waals surface area contributed by atoms with Gasteiger partial charge in [0.25, 0.3) is 0 Å². The molecule has 0 unspecified atom stereocenters. The highest BCUT2D eigenvalue weighted by molar-refractivity contribution is 4.74. The van der Waals surface area contributed by atoms with Crippen molar-refractivity contribution in [3.8, 4) is 0 Å². The first-order valence-electron chi connectivity index (χ1n) is 8.20. The lowest BCUT2D eigenvalue weighted by Gasteiger charge is -2.51. The number of hydrogen-bond acceptors (Lipinski definition) is 0. The maximum absolute atomic E-state index is 2.45. The predicted octanol–water partition coefficient (Wildman–Crippen LogP) is 1.51. The first-order chi connectivity index (χ1) is 8.33. The third-order valence-corrected chi connectivity index (χ3v) is 5.78. The lowest BCUT2D eigenvalue weighted by atomic mass is 9.85. The summed E-state index contributed by atoms with van der Waals surface area (Å²) in [6.07, 6.45) is 15.0. The molecule has 18 heavy (non-hydrogen) atoms. The predicted molar refractivity (Wildman–Crippen MR) is 75.1 cm³/mol. The number of nitrogens with zero attached hydrogens (tertiary/aromatic N) is 1. The van der Waals surface area contributed by atoms with E-state index in [1.54, 1.807) is 0 Å². The van der Waals surface area contributed by atoms with Crippen molar-refractivity contribution in [1.82, 2.24) is 0 Å². The van der Waals surface area contributed by atoms with Gasteiger partial charge in [-0.15, -0.1) is 0 Å². The Bertz CT molecular complexity index is 193. The Morgan fingerprint density at radius 2 is 1.00 bits per heavy atom. The molecule has 0 aliphatic heterocycles. The Morgan fingerprint density at radius 1 is 0.667 bits per heavy atom. The quantitative estimate of drug-likeness (QED) is 0.670. The normalized spacial score (nSPS) is 23.7. The van der Waals surface area contributed by atoms with Crippen LogP contribution in [0.25, 0.3) is 0 Å². The summed E-state index contributed by atoms with van der Waals surface area (Å²) in [5.41, 5.74) is 0. The van der Waals surface area contributed by atoms with Crippen LogP contribution in [0, 0.1) is 0 Å². The number of rotatable bonds is 4. The third kappa shape index (κ3) is 3.07. The molecule has 0 N–H and O–H groups in total. The van der Waals surface area contributed by atoms with Crippen LogP contribution in [0.3, 0.4) is 0 Å². The van der Waals surface area contributed by atoms with E-state index >= 15 is 0 Å². The summed E-state index contributed by atoms with van der Waals surface area (Å²) in [5, 5.41) is 0. The zero-order chi connectivity index (χ0) is 12.1. The Kier molecular flexibility index (Phi) is 6.62. The van der Waals surface area contributed by atoms with Crippen LogP contribution >= 0.6 is 0 Å². The summed E-state index contributed by atoms with van der Waals surface area (Å²) in [6.45, 7) is 7.66. The molecule has 0 spiro atoms. The molecule has 0 atom stereocenters. The van der Waals surface area contributed by atoms with Gasteiger partial charge in [-0.05, 0) is 65.2 Å². The molecule has 0 aromatic heterocycles. The number of halogens is 1. The molecule has 2 aliphatic carbocycles. The van der Waals surface area contributed by atoms with Crippen LogP contribution in [0.2, 0.25) is 0 Å². The van der Waals surface area contributed by atoms with E-state index in [0.29, 0.717) is 0 Å². The van der Waals surface area contributed by atoms with Gasteiger partial charge < -0.3 is 9.19 Å². The van der Waals surface area contributed by atoms with E-state index in [1.807, 2.05) is 0 Å². The van der Waals surface area contributed by atoms with Crippen molar-refractivity contribution in [2.24, 2.45) is 0 Å². The summed E-state index contributed by atoms with van der Waals surface area (Å²) in [6, 6.07) is 2.00. The molecule has 0 amide bonds. The maximum Gasteiger partial charge on any atom is 0.0892 e. The second-order valence-corrected chi connectivity index (χ2v) is 6.32. The molecule has 108 valence electrons. The summed E-state index contributed by atoms with van der Waals surface area (Å²) in [4.78, 5) is 0. The van der Waals surface area contributed by atoms with E-state index < -0.39 is 0 Å². The average molecular weight is 257 g/mol. The summed E-state index contributed by atoms with van der Waals surface area (Å²) < 4.78 is 1.47. The van der Waals surface area contributed by atoms with Crippen molar-refractivity contribution in [2.45, 2.75) is 90.1 Å². The molecule has 0 radical (unpaired) electrons. The van der Waals surface area contributed by atoms with E-state index in [0.717, 1.165) is 12.1 Å². The minimum atomic E-state index is 0. The van der Waals surface area contributed by atoms with Gasteiger partial charge in [-0.3, -0.25) is 0 Å². The van der Waals surface area contributed by atoms with Crippen molar-refractivity contribution >= 4 is 0 Å². The lowest BCUT2D eigenvalue weighted by Crippen LogP contribution is -3.00. The van der Waals surface area contributed by atoms with E-state index in [2.05, 4.69) is 13.8 Å². The van der Waals surface area contributed by atoms with Gasteiger partial charge in [0.2, 0.25) is 0 Å². The van der Waals surface area contributed by atoms with Crippen LogP contribution in [0.5, 0.6) is 0 Å². The highest BCUT2D eigenvalue weighted by Crippen LogP contribution is 2.36. The van der Waals surface area contributed by atoms with Crippen LogP contribution in [0.4, 0.5) is 0 Å². The SMILES string of the molecule is CC[N+](CC)(C1CCCCC1)C1CCCCC1.[F-]. The molecule has 1 nitrogen and oxygen atoms in total. The zero-order valence-electron chi connectivity index (χ0n) is 12.5. The minimum Gasteiger partial charge on any atom is -1.00 e. The Balaban J connectivity index is 0.00000162. The Morgan fingerprint density at radius 3 is 1.28 bits per heavy atom. The van der Waals surface area contributed by atoms with Gasteiger partial charge >= 0.3 is 0 Å². The molecular formula is C16H32FN. The first kappa shape index (κ1) is 15.9. The topological polar surface area (TPSA) is 0 Å². The van der Waals surface area contributed by atoms with E-state index in [9.17, 15) is 0 Å². The average Bonchev–Trinajstić information content (AvgIpc) is 2.43. The minimum absolute atomic E-state index is 0. The summed E-state index contributed by atoms with van der Waals surface area (Å²) >= 11 is 0. The standard InChI is InChI=1S/C16H32N.FH/c1-3-17(4-2,15-11-7-5-8-12-15)16-13-9-6-10-14-16;/h15-16H,3-14H2,1-2H3;1H/q+1;/p-1. The largest absolute Gasteiger partial charge is 1.00 e. The smallest absolute Gasteiger partial charge is 0.0892 e. The molecule has 0 heterocycles. The molecule has 0 aromatic carbocycles. The lowest BCUT2D eigenvalue weighted by molar-refractivity contribution is -0.972. The second-order valence-electron chi connectivity index (χ2n) is 6.32. The van der Waals surface area contributed by atoms with Gasteiger partial charge in [-0.25, -0.2) is 0 Å². The highest BCUT2D eigenvalue weighted by Gasteiger charge is 2.41.